The lowest BCUT2D eigenvalue weighted by atomic mass is 9.92. The van der Waals surface area contributed by atoms with Crippen molar-refractivity contribution < 1.29 is 42.6 Å². The Balaban J connectivity index is 2.27. The Morgan fingerprint density at radius 1 is 0.871 bits per heavy atom. The fourth-order valence-corrected chi connectivity index (χ4v) is 4.02. The Kier molecular flexibility index (Phi) is 4.38. The topological polar surface area (TPSA) is 183 Å². The van der Waals surface area contributed by atoms with Crippen LogP contribution < -0.4 is 5.43 Å². The minimum Gasteiger partial charge on any atom is -0.504 e. The summed E-state index contributed by atoms with van der Waals surface area (Å²) in [7, 11) is -4.94. The van der Waals surface area contributed by atoms with Gasteiger partial charge in [0.2, 0.25) is 5.43 Å². The number of phenols is 3. The van der Waals surface area contributed by atoms with Gasteiger partial charge < -0.3 is 24.8 Å². The maximum Gasteiger partial charge on any atom is 0.335 e. The Hall–Kier alpha value is -4.09. The number of carbonyl (C=O) groups is 1. The van der Waals surface area contributed by atoms with Crippen LogP contribution in [0.1, 0.15) is 10.4 Å². The number of rotatable bonds is 3. The molecule has 0 saturated heterocycles. The Morgan fingerprint density at radius 2 is 1.55 bits per heavy atom. The van der Waals surface area contributed by atoms with Gasteiger partial charge in [0.15, 0.2) is 17.2 Å². The van der Waals surface area contributed by atoms with E-state index in [-0.39, 0.29) is 33.4 Å². The van der Waals surface area contributed by atoms with Gasteiger partial charge in [-0.25, -0.2) is 4.79 Å². The number of benzene rings is 3. The second-order valence-corrected chi connectivity index (χ2v) is 8.01. The molecule has 2 aliphatic rings. The Morgan fingerprint density at radius 3 is 2.19 bits per heavy atom. The van der Waals surface area contributed by atoms with Crippen molar-refractivity contribution in [2.45, 2.75) is 4.90 Å². The maximum absolute atomic E-state index is 12.1. The van der Waals surface area contributed by atoms with E-state index in [9.17, 15) is 43.0 Å². The fourth-order valence-electron chi connectivity index (χ4n) is 3.30. The van der Waals surface area contributed by atoms with E-state index < -0.39 is 49.2 Å². The molecule has 1 heterocycles. The molecule has 0 amide bonds. The summed E-state index contributed by atoms with van der Waals surface area (Å²) < 4.78 is 39.5. The van der Waals surface area contributed by atoms with Gasteiger partial charge in [0, 0.05) is 34.2 Å². The normalized spacial score (nSPS) is 11.8. The van der Waals surface area contributed by atoms with Crippen LogP contribution in [-0.4, -0.2) is 39.4 Å². The fraction of sp³-hybridized carbons (Fsp3) is 0. The van der Waals surface area contributed by atoms with Gasteiger partial charge in [-0.2, -0.15) is 8.42 Å². The summed E-state index contributed by atoms with van der Waals surface area (Å²) in [4.78, 5) is 22.4. The quantitative estimate of drug-likeness (QED) is 0.179. The summed E-state index contributed by atoms with van der Waals surface area (Å²) in [5.74, 6) is -3.35. The molecule has 11 heteroatoms. The predicted octanol–water partition coefficient (Wildman–Crippen LogP) is 2.63. The minimum atomic E-state index is -4.94. The van der Waals surface area contributed by atoms with Crippen LogP contribution in [0.4, 0.5) is 0 Å². The van der Waals surface area contributed by atoms with Gasteiger partial charge in [-0.15, -0.1) is 0 Å². The standard InChI is InChI=1S/C20H12O10S/c21-12-4-10-16(6-14(12)23)30-17-7-15(24)13(22)5-11(17)19(10)9-2-1-8(20(25)26)3-18(9)31(27,28)29/h1-7,21-23H,(H,25,26)(H,27,28,29). The molecule has 0 radical (unpaired) electrons. The molecular weight excluding hydrogens is 432 g/mol. The smallest absolute Gasteiger partial charge is 0.335 e. The zero-order valence-corrected chi connectivity index (χ0v) is 16.0. The van der Waals surface area contributed by atoms with Gasteiger partial charge in [-0.1, -0.05) is 6.07 Å². The van der Waals surface area contributed by atoms with Crippen molar-refractivity contribution in [2.75, 3.05) is 0 Å². The number of fused-ring (bicyclic) bond motifs is 2. The molecule has 0 fully saturated rings. The Bertz CT molecular complexity index is 1530. The van der Waals surface area contributed by atoms with E-state index in [1.165, 1.54) is 0 Å². The Labute approximate surface area is 173 Å². The van der Waals surface area contributed by atoms with Gasteiger partial charge in [-0.05, 0) is 24.3 Å². The predicted molar refractivity (Wildman–Crippen MR) is 106 cm³/mol. The third-order valence-corrected chi connectivity index (χ3v) is 5.57. The van der Waals surface area contributed by atoms with E-state index in [0.717, 1.165) is 42.5 Å². The molecule has 2 aromatic carbocycles. The molecule has 0 atom stereocenters. The van der Waals surface area contributed by atoms with Crippen LogP contribution in [0.25, 0.3) is 33.4 Å². The van der Waals surface area contributed by atoms with Crippen molar-refractivity contribution in [1.29, 1.82) is 0 Å². The lowest BCUT2D eigenvalue weighted by Gasteiger charge is -2.18. The van der Waals surface area contributed by atoms with Gasteiger partial charge in [0.25, 0.3) is 10.1 Å². The molecule has 5 N–H and O–H groups in total. The third kappa shape index (κ3) is 3.31. The molecule has 31 heavy (non-hydrogen) atoms. The number of phenolic OH excluding ortho intramolecular Hbond substituents is 3. The number of carboxylic acids is 1. The van der Waals surface area contributed by atoms with Gasteiger partial charge in [-0.3, -0.25) is 9.35 Å². The van der Waals surface area contributed by atoms with E-state index in [2.05, 4.69) is 0 Å². The average Bonchev–Trinajstić information content (AvgIpc) is 2.68. The number of aromatic hydroxyl groups is 3. The summed E-state index contributed by atoms with van der Waals surface area (Å²) in [6, 6.07) is 7.00. The molecule has 2 aromatic rings. The summed E-state index contributed by atoms with van der Waals surface area (Å²) >= 11 is 0. The summed E-state index contributed by atoms with van der Waals surface area (Å²) in [6.07, 6.45) is 0. The van der Waals surface area contributed by atoms with Gasteiger partial charge >= 0.3 is 5.97 Å². The highest BCUT2D eigenvalue weighted by Crippen LogP contribution is 2.45. The molecule has 0 bridgehead atoms. The van der Waals surface area contributed by atoms with Crippen LogP contribution in [0.5, 0.6) is 17.2 Å². The summed E-state index contributed by atoms with van der Waals surface area (Å²) in [5, 5.41) is 38.9. The first-order valence-electron chi connectivity index (χ1n) is 8.48. The lowest BCUT2D eigenvalue weighted by Crippen LogP contribution is -2.06. The molecule has 4 rings (SSSR count). The molecule has 0 aromatic heterocycles. The first-order valence-corrected chi connectivity index (χ1v) is 9.92. The van der Waals surface area contributed by atoms with E-state index in [4.69, 9.17) is 4.42 Å². The van der Waals surface area contributed by atoms with E-state index in [1.54, 1.807) is 0 Å². The first-order chi connectivity index (χ1) is 14.5. The van der Waals surface area contributed by atoms with E-state index in [1.807, 2.05) is 0 Å². The first kappa shape index (κ1) is 20.2. The van der Waals surface area contributed by atoms with Crippen LogP contribution >= 0.6 is 0 Å². The molecular formula is C20H12O10S. The van der Waals surface area contributed by atoms with E-state index in [0.29, 0.717) is 0 Å². The molecule has 1 aliphatic carbocycles. The van der Waals surface area contributed by atoms with Crippen molar-refractivity contribution in [1.82, 2.24) is 0 Å². The highest BCUT2D eigenvalue weighted by molar-refractivity contribution is 7.86. The summed E-state index contributed by atoms with van der Waals surface area (Å²) in [5.41, 5.74) is -1.45. The number of hydrogen-bond acceptors (Lipinski definition) is 8. The van der Waals surface area contributed by atoms with Crippen LogP contribution in [0.15, 0.2) is 56.6 Å². The van der Waals surface area contributed by atoms with Gasteiger partial charge in [0.1, 0.15) is 16.2 Å². The third-order valence-electron chi connectivity index (χ3n) is 4.67. The van der Waals surface area contributed by atoms with Crippen molar-refractivity contribution >= 4 is 27.1 Å². The van der Waals surface area contributed by atoms with Crippen molar-refractivity contribution in [3.63, 3.8) is 0 Å². The second kappa shape index (κ2) is 6.72. The average molecular weight is 444 g/mol. The highest BCUT2D eigenvalue weighted by Gasteiger charge is 2.26. The lowest BCUT2D eigenvalue weighted by molar-refractivity contribution is 0.0696. The molecule has 158 valence electrons. The van der Waals surface area contributed by atoms with Crippen molar-refractivity contribution in [3.05, 3.63) is 58.3 Å². The zero-order valence-electron chi connectivity index (χ0n) is 15.2. The minimum absolute atomic E-state index is 0.00795. The van der Waals surface area contributed by atoms with Crippen LogP contribution in [0, 0.1) is 0 Å². The van der Waals surface area contributed by atoms with Crippen LogP contribution in [0.2, 0.25) is 0 Å². The highest BCUT2D eigenvalue weighted by atomic mass is 32.2. The number of aromatic carboxylic acids is 1. The molecule has 0 unspecified atom stereocenters. The van der Waals surface area contributed by atoms with Gasteiger partial charge in [0.05, 0.1) is 5.56 Å². The zero-order chi connectivity index (χ0) is 22.7. The van der Waals surface area contributed by atoms with Crippen LogP contribution in [-0.2, 0) is 10.1 Å². The molecule has 10 nitrogen and oxygen atoms in total. The molecule has 0 saturated carbocycles. The molecule has 0 spiro atoms. The number of carboxylic acid groups (broad SMARTS) is 1. The maximum atomic E-state index is 12.1. The monoisotopic (exact) mass is 444 g/mol. The van der Waals surface area contributed by atoms with Crippen molar-refractivity contribution in [3.8, 4) is 39.7 Å². The summed E-state index contributed by atoms with van der Waals surface area (Å²) in [6.45, 7) is 0. The van der Waals surface area contributed by atoms with Crippen LogP contribution in [0.3, 0.4) is 0 Å². The van der Waals surface area contributed by atoms with Crippen molar-refractivity contribution in [2.24, 2.45) is 0 Å². The second-order valence-electron chi connectivity index (χ2n) is 6.62. The molecule has 1 aliphatic heterocycles. The largest absolute Gasteiger partial charge is 0.504 e. The van der Waals surface area contributed by atoms with E-state index >= 15 is 0 Å². The SMILES string of the molecule is O=C(O)c1ccc(-c2c3cc(O)c(=O)cc-3oc3cc(O)c(O)cc23)c(S(=O)(=O)O)c1. The number of hydrogen-bond donors (Lipinski definition) is 5.